The van der Waals surface area contributed by atoms with E-state index in [1.54, 1.807) is 24.3 Å². The number of hydrogen-bond acceptors (Lipinski definition) is 3. The summed E-state index contributed by atoms with van der Waals surface area (Å²) in [6, 6.07) is 11.8. The fourth-order valence-electron chi connectivity index (χ4n) is 1.91. The van der Waals surface area contributed by atoms with E-state index < -0.39 is 0 Å². The molecule has 0 aliphatic heterocycles. The second kappa shape index (κ2) is 9.25. The van der Waals surface area contributed by atoms with Crippen molar-refractivity contribution in [2.75, 3.05) is 25.1 Å². The molecule has 0 aliphatic rings. The summed E-state index contributed by atoms with van der Waals surface area (Å²) in [4.78, 5) is 11.8. The van der Waals surface area contributed by atoms with Gasteiger partial charge in [0.05, 0.1) is 23.9 Å². The number of hydrogen-bond donors (Lipinski definition) is 2. The highest BCUT2D eigenvalue weighted by Gasteiger charge is 2.06. The lowest BCUT2D eigenvalue weighted by molar-refractivity contribution is 0.247. The van der Waals surface area contributed by atoms with Gasteiger partial charge in [-0.05, 0) is 37.3 Å². The van der Waals surface area contributed by atoms with Gasteiger partial charge < -0.3 is 20.1 Å². The Kier molecular flexibility index (Phi) is 7.03. The van der Waals surface area contributed by atoms with Crippen molar-refractivity contribution in [1.82, 2.24) is 5.32 Å². The van der Waals surface area contributed by atoms with E-state index in [1.165, 1.54) is 0 Å². The molecule has 128 valence electrons. The molecule has 2 amide bonds. The van der Waals surface area contributed by atoms with Gasteiger partial charge in [-0.25, -0.2) is 4.79 Å². The molecule has 2 aromatic rings. The summed E-state index contributed by atoms with van der Waals surface area (Å²) in [6.45, 7) is 3.19. The maximum absolute atomic E-state index is 11.8. The lowest BCUT2D eigenvalue weighted by Gasteiger charge is -2.11. The van der Waals surface area contributed by atoms with Crippen LogP contribution < -0.4 is 20.1 Å². The number of nitrogens with one attached hydrogen (secondary N) is 2. The number of anilines is 1. The summed E-state index contributed by atoms with van der Waals surface area (Å²) in [7, 11) is 0. The summed E-state index contributed by atoms with van der Waals surface area (Å²) >= 11 is 11.8. The van der Waals surface area contributed by atoms with Crippen molar-refractivity contribution in [1.29, 1.82) is 0 Å². The predicted molar refractivity (Wildman–Crippen MR) is 96.6 cm³/mol. The predicted octanol–water partition coefficient (Wildman–Crippen LogP) is 4.59. The van der Waals surface area contributed by atoms with E-state index in [1.807, 2.05) is 25.1 Å². The number of halogens is 2. The molecule has 0 saturated carbocycles. The highest BCUT2D eigenvalue weighted by atomic mass is 35.5. The number of urea groups is 1. The summed E-state index contributed by atoms with van der Waals surface area (Å²) in [5, 5.41) is 6.22. The summed E-state index contributed by atoms with van der Waals surface area (Å²) in [5.74, 6) is 1.43. The van der Waals surface area contributed by atoms with Crippen molar-refractivity contribution in [2.24, 2.45) is 0 Å². The molecule has 0 bridgehead atoms. The summed E-state index contributed by atoms with van der Waals surface area (Å²) < 4.78 is 11.0. The molecule has 7 heteroatoms. The largest absolute Gasteiger partial charge is 0.494 e. The van der Waals surface area contributed by atoms with Crippen molar-refractivity contribution in [2.45, 2.75) is 6.92 Å². The first kappa shape index (κ1) is 18.2. The average molecular weight is 369 g/mol. The maximum Gasteiger partial charge on any atom is 0.319 e. The fraction of sp³-hybridized carbons (Fsp3) is 0.235. The Morgan fingerprint density at radius 3 is 2.54 bits per heavy atom. The quantitative estimate of drug-likeness (QED) is 0.702. The van der Waals surface area contributed by atoms with Crippen molar-refractivity contribution in [3.05, 3.63) is 52.5 Å². The van der Waals surface area contributed by atoms with Gasteiger partial charge in [0, 0.05) is 11.1 Å². The van der Waals surface area contributed by atoms with Crippen LogP contribution in [0.3, 0.4) is 0 Å². The van der Waals surface area contributed by atoms with E-state index in [4.69, 9.17) is 32.7 Å². The molecule has 24 heavy (non-hydrogen) atoms. The van der Waals surface area contributed by atoms with E-state index in [0.717, 1.165) is 5.75 Å². The maximum atomic E-state index is 11.8. The monoisotopic (exact) mass is 368 g/mol. The van der Waals surface area contributed by atoms with Gasteiger partial charge in [0.25, 0.3) is 0 Å². The van der Waals surface area contributed by atoms with E-state index >= 15 is 0 Å². The Hall–Kier alpha value is -2.11. The standard InChI is InChI=1S/C17H18Cl2N2O3/c1-2-23-13-4-3-5-14(11-13)24-9-8-20-17(22)21-16-7-6-12(18)10-15(16)19/h3-7,10-11H,2,8-9H2,1H3,(H2,20,21,22). The minimum atomic E-state index is -0.370. The number of rotatable bonds is 7. The number of amides is 2. The van der Waals surface area contributed by atoms with Gasteiger partial charge in [0.2, 0.25) is 0 Å². The van der Waals surface area contributed by atoms with Gasteiger partial charge in [0.1, 0.15) is 18.1 Å². The Morgan fingerprint density at radius 1 is 1.08 bits per heavy atom. The number of ether oxygens (including phenoxy) is 2. The first-order valence-corrected chi connectivity index (χ1v) is 8.19. The van der Waals surface area contributed by atoms with Gasteiger partial charge in [-0.15, -0.1) is 0 Å². The molecule has 0 heterocycles. The van der Waals surface area contributed by atoms with Crippen molar-refractivity contribution >= 4 is 34.9 Å². The second-order valence-electron chi connectivity index (χ2n) is 4.76. The van der Waals surface area contributed by atoms with Crippen molar-refractivity contribution in [3.8, 4) is 11.5 Å². The molecule has 0 spiro atoms. The van der Waals surface area contributed by atoms with Crippen LogP contribution in [0.15, 0.2) is 42.5 Å². The van der Waals surface area contributed by atoms with E-state index in [9.17, 15) is 4.79 Å². The zero-order valence-corrected chi connectivity index (χ0v) is 14.7. The number of carbonyl (C=O) groups is 1. The molecule has 0 aromatic heterocycles. The minimum absolute atomic E-state index is 0.331. The Labute approximate surface area is 150 Å². The van der Waals surface area contributed by atoms with Gasteiger partial charge in [-0.1, -0.05) is 29.3 Å². The van der Waals surface area contributed by atoms with E-state index in [2.05, 4.69) is 10.6 Å². The molecule has 5 nitrogen and oxygen atoms in total. The van der Waals surface area contributed by atoms with Crippen LogP contribution in [0.5, 0.6) is 11.5 Å². The van der Waals surface area contributed by atoms with Crippen LogP contribution in [0.1, 0.15) is 6.92 Å². The number of carbonyl (C=O) groups excluding carboxylic acids is 1. The van der Waals surface area contributed by atoms with Crippen LogP contribution in [0.2, 0.25) is 10.0 Å². The highest BCUT2D eigenvalue weighted by molar-refractivity contribution is 6.36. The smallest absolute Gasteiger partial charge is 0.319 e. The van der Waals surface area contributed by atoms with Crippen LogP contribution in [0.4, 0.5) is 10.5 Å². The first-order chi connectivity index (χ1) is 11.6. The number of benzene rings is 2. The third-order valence-electron chi connectivity index (χ3n) is 2.95. The summed E-state index contributed by atoms with van der Waals surface area (Å²) in [5.41, 5.74) is 0.490. The van der Waals surface area contributed by atoms with Gasteiger partial charge in [-0.3, -0.25) is 0 Å². The zero-order valence-electron chi connectivity index (χ0n) is 13.1. The average Bonchev–Trinajstić information content (AvgIpc) is 2.55. The van der Waals surface area contributed by atoms with Gasteiger partial charge in [0.15, 0.2) is 0 Å². The lowest BCUT2D eigenvalue weighted by Crippen LogP contribution is -2.32. The first-order valence-electron chi connectivity index (χ1n) is 7.44. The van der Waals surface area contributed by atoms with Crippen LogP contribution in [0, 0.1) is 0 Å². The van der Waals surface area contributed by atoms with Gasteiger partial charge >= 0.3 is 6.03 Å². The Balaban J connectivity index is 1.73. The van der Waals surface area contributed by atoms with Crippen LogP contribution >= 0.6 is 23.2 Å². The molecular weight excluding hydrogens is 351 g/mol. The van der Waals surface area contributed by atoms with E-state index in [-0.39, 0.29) is 6.03 Å². The Morgan fingerprint density at radius 2 is 1.83 bits per heavy atom. The van der Waals surface area contributed by atoms with E-state index in [0.29, 0.717) is 41.2 Å². The van der Waals surface area contributed by atoms with Crippen LogP contribution in [0.25, 0.3) is 0 Å². The molecule has 2 rings (SSSR count). The normalized spacial score (nSPS) is 10.1. The van der Waals surface area contributed by atoms with Crippen LogP contribution in [-0.4, -0.2) is 25.8 Å². The Bertz CT molecular complexity index is 695. The SMILES string of the molecule is CCOc1cccc(OCCNC(=O)Nc2ccc(Cl)cc2Cl)c1. The molecular formula is C17H18Cl2N2O3. The molecule has 0 saturated heterocycles. The minimum Gasteiger partial charge on any atom is -0.494 e. The van der Waals surface area contributed by atoms with Gasteiger partial charge in [-0.2, -0.15) is 0 Å². The zero-order chi connectivity index (χ0) is 17.4. The third kappa shape index (κ3) is 5.83. The second-order valence-corrected chi connectivity index (χ2v) is 5.61. The van der Waals surface area contributed by atoms with Crippen molar-refractivity contribution in [3.63, 3.8) is 0 Å². The van der Waals surface area contributed by atoms with Crippen LogP contribution in [-0.2, 0) is 0 Å². The molecule has 2 aromatic carbocycles. The van der Waals surface area contributed by atoms with Crippen molar-refractivity contribution < 1.29 is 14.3 Å². The highest BCUT2D eigenvalue weighted by Crippen LogP contribution is 2.25. The molecule has 0 fully saturated rings. The molecule has 0 radical (unpaired) electrons. The molecule has 0 atom stereocenters. The lowest BCUT2D eigenvalue weighted by atomic mass is 10.3. The molecule has 0 aliphatic carbocycles. The fourth-order valence-corrected chi connectivity index (χ4v) is 2.37. The molecule has 2 N–H and O–H groups in total. The topological polar surface area (TPSA) is 59.6 Å². The molecule has 0 unspecified atom stereocenters. The third-order valence-corrected chi connectivity index (χ3v) is 3.50. The summed E-state index contributed by atoms with van der Waals surface area (Å²) in [6.07, 6.45) is 0.